The molecule has 70 valence electrons. The fourth-order valence-electron chi connectivity index (χ4n) is 1.02. The summed E-state index contributed by atoms with van der Waals surface area (Å²) in [4.78, 5) is 0. The molecular formula is C8H14Cl2N2. The van der Waals surface area contributed by atoms with Crippen molar-refractivity contribution in [1.82, 2.24) is 10.2 Å². The van der Waals surface area contributed by atoms with Crippen molar-refractivity contribution in [2.45, 2.75) is 32.1 Å². The van der Waals surface area contributed by atoms with Crippen molar-refractivity contribution in [2.24, 2.45) is 0 Å². The Kier molecular flexibility index (Phi) is 6.21. The van der Waals surface area contributed by atoms with Crippen molar-refractivity contribution >= 4 is 24.0 Å². The second-order valence-corrected chi connectivity index (χ2v) is 2.88. The summed E-state index contributed by atoms with van der Waals surface area (Å²) >= 11 is 5.69. The molecule has 0 bridgehead atoms. The first kappa shape index (κ1) is 11.8. The van der Waals surface area contributed by atoms with Gasteiger partial charge in [0, 0.05) is 11.3 Å². The van der Waals surface area contributed by atoms with Crippen LogP contribution in [0.4, 0.5) is 0 Å². The molecule has 12 heavy (non-hydrogen) atoms. The summed E-state index contributed by atoms with van der Waals surface area (Å²) in [5.74, 6) is 0.565. The highest BCUT2D eigenvalue weighted by Gasteiger charge is 2.01. The normalized spacial score (nSPS) is 9.50. The number of aromatic nitrogens is 2. The third kappa shape index (κ3) is 3.03. The average Bonchev–Trinajstić information content (AvgIpc) is 2.47. The van der Waals surface area contributed by atoms with Crippen molar-refractivity contribution in [3.05, 3.63) is 17.5 Å². The molecule has 4 heteroatoms. The minimum absolute atomic E-state index is 0. The number of alkyl halides is 1. The number of nitrogens with one attached hydrogen (secondary N) is 1. The Morgan fingerprint density at radius 2 is 2.33 bits per heavy atom. The lowest BCUT2D eigenvalue weighted by Crippen LogP contribution is -1.89. The number of nitrogens with zero attached hydrogens (tertiary/aromatic N) is 1. The van der Waals surface area contributed by atoms with Gasteiger partial charge in [0.25, 0.3) is 0 Å². The van der Waals surface area contributed by atoms with Crippen LogP contribution in [0.1, 0.15) is 31.0 Å². The van der Waals surface area contributed by atoms with Crippen molar-refractivity contribution in [1.29, 1.82) is 0 Å². The molecule has 0 amide bonds. The zero-order valence-electron chi connectivity index (χ0n) is 7.14. The van der Waals surface area contributed by atoms with Crippen LogP contribution in [0, 0.1) is 0 Å². The molecule has 0 spiro atoms. The van der Waals surface area contributed by atoms with Gasteiger partial charge in [0.1, 0.15) is 0 Å². The summed E-state index contributed by atoms with van der Waals surface area (Å²) in [7, 11) is 0. The molecule has 1 rings (SSSR count). The van der Waals surface area contributed by atoms with Crippen LogP contribution in [0.2, 0.25) is 0 Å². The van der Waals surface area contributed by atoms with Crippen LogP contribution < -0.4 is 0 Å². The van der Waals surface area contributed by atoms with E-state index in [1.165, 1.54) is 18.5 Å². The van der Waals surface area contributed by atoms with E-state index in [0.717, 1.165) is 12.0 Å². The van der Waals surface area contributed by atoms with Crippen LogP contribution in [-0.4, -0.2) is 10.2 Å². The fraction of sp³-hybridized carbons (Fsp3) is 0.625. The molecular weight excluding hydrogens is 195 g/mol. The molecule has 0 aliphatic rings. The van der Waals surface area contributed by atoms with Gasteiger partial charge in [0.15, 0.2) is 0 Å². The summed E-state index contributed by atoms with van der Waals surface area (Å²) in [5, 5.41) is 6.89. The molecule has 0 aliphatic carbocycles. The third-order valence-corrected chi connectivity index (χ3v) is 2.02. The Hall–Kier alpha value is -0.210. The second kappa shape index (κ2) is 6.32. The van der Waals surface area contributed by atoms with Crippen molar-refractivity contribution in [3.8, 4) is 0 Å². The number of hydrogen-bond donors (Lipinski definition) is 1. The standard InChI is InChI=1S/C8H13ClN2.ClH/c1-2-3-4-8-7(5-9)6-10-11-8;/h6H,2-5H2,1H3,(H,10,11);1H. The van der Waals surface area contributed by atoms with Gasteiger partial charge in [0.2, 0.25) is 0 Å². The number of rotatable bonds is 4. The Morgan fingerprint density at radius 1 is 1.58 bits per heavy atom. The zero-order valence-corrected chi connectivity index (χ0v) is 8.71. The Labute approximate surface area is 84.1 Å². The quantitative estimate of drug-likeness (QED) is 0.759. The van der Waals surface area contributed by atoms with Gasteiger partial charge >= 0.3 is 0 Å². The topological polar surface area (TPSA) is 28.7 Å². The molecule has 0 fully saturated rings. The lowest BCUT2D eigenvalue weighted by molar-refractivity contribution is 0.768. The molecule has 1 N–H and O–H groups in total. The lowest BCUT2D eigenvalue weighted by Gasteiger charge is -1.96. The van der Waals surface area contributed by atoms with Gasteiger partial charge in [-0.2, -0.15) is 5.10 Å². The summed E-state index contributed by atoms with van der Waals surface area (Å²) in [6.07, 6.45) is 5.28. The van der Waals surface area contributed by atoms with E-state index in [0.29, 0.717) is 5.88 Å². The molecule has 1 aromatic heterocycles. The van der Waals surface area contributed by atoms with Gasteiger partial charge < -0.3 is 0 Å². The zero-order chi connectivity index (χ0) is 8.10. The second-order valence-electron chi connectivity index (χ2n) is 2.61. The van der Waals surface area contributed by atoms with E-state index in [9.17, 15) is 0 Å². The van der Waals surface area contributed by atoms with Gasteiger partial charge in [-0.15, -0.1) is 24.0 Å². The van der Waals surface area contributed by atoms with E-state index in [-0.39, 0.29) is 12.4 Å². The molecule has 0 aliphatic heterocycles. The fourth-order valence-corrected chi connectivity index (χ4v) is 1.25. The number of hydrogen-bond acceptors (Lipinski definition) is 1. The number of unbranched alkanes of at least 4 members (excludes halogenated alkanes) is 1. The maximum atomic E-state index is 5.69. The summed E-state index contributed by atoms with van der Waals surface area (Å²) < 4.78 is 0. The average molecular weight is 209 g/mol. The Morgan fingerprint density at radius 3 is 2.92 bits per heavy atom. The highest BCUT2D eigenvalue weighted by molar-refractivity contribution is 6.17. The van der Waals surface area contributed by atoms with Crippen LogP contribution >= 0.6 is 24.0 Å². The number of aryl methyl sites for hydroxylation is 1. The van der Waals surface area contributed by atoms with Crippen LogP contribution in [0.15, 0.2) is 6.20 Å². The molecule has 0 unspecified atom stereocenters. The lowest BCUT2D eigenvalue weighted by atomic mass is 10.1. The van der Waals surface area contributed by atoms with E-state index < -0.39 is 0 Å². The maximum absolute atomic E-state index is 5.69. The smallest absolute Gasteiger partial charge is 0.0534 e. The highest BCUT2D eigenvalue weighted by atomic mass is 35.5. The molecule has 1 heterocycles. The summed E-state index contributed by atoms with van der Waals surface area (Å²) in [6, 6.07) is 0. The Balaban J connectivity index is 0.00000121. The van der Waals surface area contributed by atoms with E-state index in [1.54, 1.807) is 6.20 Å². The first-order valence-electron chi connectivity index (χ1n) is 3.95. The van der Waals surface area contributed by atoms with E-state index in [4.69, 9.17) is 11.6 Å². The molecule has 0 saturated heterocycles. The van der Waals surface area contributed by atoms with E-state index in [2.05, 4.69) is 17.1 Å². The SMILES string of the molecule is CCCCc1[nH]ncc1CCl.Cl. The monoisotopic (exact) mass is 208 g/mol. The predicted octanol–water partition coefficient (Wildman–Crippen LogP) is 2.91. The number of aromatic amines is 1. The largest absolute Gasteiger partial charge is 0.282 e. The molecule has 0 aromatic carbocycles. The van der Waals surface area contributed by atoms with Gasteiger partial charge in [-0.05, 0) is 12.8 Å². The molecule has 0 atom stereocenters. The highest BCUT2D eigenvalue weighted by Crippen LogP contribution is 2.10. The molecule has 0 saturated carbocycles. The summed E-state index contributed by atoms with van der Waals surface area (Å²) in [5.41, 5.74) is 2.34. The minimum Gasteiger partial charge on any atom is -0.282 e. The van der Waals surface area contributed by atoms with Crippen molar-refractivity contribution in [2.75, 3.05) is 0 Å². The number of H-pyrrole nitrogens is 1. The van der Waals surface area contributed by atoms with Gasteiger partial charge in [-0.25, -0.2) is 0 Å². The third-order valence-electron chi connectivity index (χ3n) is 1.73. The molecule has 0 radical (unpaired) electrons. The van der Waals surface area contributed by atoms with Crippen molar-refractivity contribution < 1.29 is 0 Å². The van der Waals surface area contributed by atoms with Crippen LogP contribution in [0.25, 0.3) is 0 Å². The van der Waals surface area contributed by atoms with Crippen molar-refractivity contribution in [3.63, 3.8) is 0 Å². The predicted molar refractivity (Wildman–Crippen MR) is 54.0 cm³/mol. The van der Waals surface area contributed by atoms with Crippen LogP contribution in [-0.2, 0) is 12.3 Å². The van der Waals surface area contributed by atoms with Gasteiger partial charge in [-0.1, -0.05) is 13.3 Å². The van der Waals surface area contributed by atoms with E-state index in [1.807, 2.05) is 0 Å². The summed E-state index contributed by atoms with van der Waals surface area (Å²) in [6.45, 7) is 2.18. The van der Waals surface area contributed by atoms with Crippen LogP contribution in [0.5, 0.6) is 0 Å². The molecule has 1 aromatic rings. The first-order valence-corrected chi connectivity index (χ1v) is 4.49. The number of halogens is 2. The van der Waals surface area contributed by atoms with Crippen LogP contribution in [0.3, 0.4) is 0 Å². The van der Waals surface area contributed by atoms with Gasteiger partial charge in [-0.3, -0.25) is 5.10 Å². The Bertz CT molecular complexity index is 211. The van der Waals surface area contributed by atoms with E-state index >= 15 is 0 Å². The van der Waals surface area contributed by atoms with Gasteiger partial charge in [0.05, 0.1) is 12.1 Å². The first-order chi connectivity index (χ1) is 5.38. The molecule has 2 nitrogen and oxygen atoms in total. The maximum Gasteiger partial charge on any atom is 0.0534 e. The minimum atomic E-state index is 0.